The van der Waals surface area contributed by atoms with Gasteiger partial charge in [0.15, 0.2) is 6.10 Å². The molecule has 3 rings (SSSR count). The van der Waals surface area contributed by atoms with E-state index in [-0.39, 0.29) is 18.5 Å². The van der Waals surface area contributed by atoms with E-state index in [1.54, 1.807) is 7.11 Å². The Kier molecular flexibility index (Phi) is 6.18. The van der Waals surface area contributed by atoms with Gasteiger partial charge in [0.25, 0.3) is 0 Å². The Morgan fingerprint density at radius 2 is 1.23 bits per heavy atom. The molecular formula is C23H22O3. The van der Waals surface area contributed by atoms with E-state index in [0.717, 1.165) is 16.7 Å². The Morgan fingerprint density at radius 1 is 0.769 bits per heavy atom. The van der Waals surface area contributed by atoms with Crippen LogP contribution in [0.2, 0.25) is 0 Å². The predicted octanol–water partition coefficient (Wildman–Crippen LogP) is 4.58. The summed E-state index contributed by atoms with van der Waals surface area (Å²) in [5, 5.41) is 0. The SMILES string of the molecule is COC(C(=O)OCc1ccccc1)C(c1ccccc1)c1ccccc1. The van der Waals surface area contributed by atoms with Gasteiger partial charge >= 0.3 is 5.97 Å². The third-order valence-electron chi connectivity index (χ3n) is 4.33. The van der Waals surface area contributed by atoms with Crippen molar-refractivity contribution in [1.29, 1.82) is 0 Å². The van der Waals surface area contributed by atoms with Gasteiger partial charge in [-0.15, -0.1) is 0 Å². The first-order valence-corrected chi connectivity index (χ1v) is 8.63. The molecule has 0 radical (unpaired) electrons. The van der Waals surface area contributed by atoms with Crippen LogP contribution in [-0.4, -0.2) is 19.2 Å². The molecule has 3 aromatic rings. The summed E-state index contributed by atoms with van der Waals surface area (Å²) in [4.78, 5) is 12.8. The molecule has 0 aliphatic carbocycles. The number of carbonyl (C=O) groups is 1. The number of hydrogen-bond acceptors (Lipinski definition) is 3. The van der Waals surface area contributed by atoms with Gasteiger partial charge in [-0.3, -0.25) is 0 Å². The molecule has 0 heterocycles. The second kappa shape index (κ2) is 8.97. The Bertz CT molecular complexity index is 761. The zero-order chi connectivity index (χ0) is 18.2. The Balaban J connectivity index is 1.84. The van der Waals surface area contributed by atoms with Crippen molar-refractivity contribution in [1.82, 2.24) is 0 Å². The van der Waals surface area contributed by atoms with E-state index < -0.39 is 6.10 Å². The Hall–Kier alpha value is -2.91. The number of methoxy groups -OCH3 is 1. The maximum atomic E-state index is 12.8. The molecule has 26 heavy (non-hydrogen) atoms. The fourth-order valence-corrected chi connectivity index (χ4v) is 3.04. The second-order valence-electron chi connectivity index (χ2n) is 6.05. The number of ether oxygens (including phenoxy) is 2. The summed E-state index contributed by atoms with van der Waals surface area (Å²) in [7, 11) is 1.55. The minimum absolute atomic E-state index is 0.231. The lowest BCUT2D eigenvalue weighted by Crippen LogP contribution is -2.32. The lowest BCUT2D eigenvalue weighted by molar-refractivity contribution is -0.157. The van der Waals surface area contributed by atoms with E-state index in [2.05, 4.69) is 0 Å². The zero-order valence-corrected chi connectivity index (χ0v) is 14.7. The predicted molar refractivity (Wildman–Crippen MR) is 102 cm³/mol. The highest BCUT2D eigenvalue weighted by Crippen LogP contribution is 2.30. The van der Waals surface area contributed by atoms with E-state index >= 15 is 0 Å². The summed E-state index contributed by atoms with van der Waals surface area (Å²) in [6, 6.07) is 29.5. The van der Waals surface area contributed by atoms with Crippen molar-refractivity contribution in [2.75, 3.05) is 7.11 Å². The summed E-state index contributed by atoms with van der Waals surface area (Å²) in [6.45, 7) is 0.232. The molecule has 0 fully saturated rings. The van der Waals surface area contributed by atoms with Crippen molar-refractivity contribution in [3.63, 3.8) is 0 Å². The molecule has 3 nitrogen and oxygen atoms in total. The smallest absolute Gasteiger partial charge is 0.336 e. The summed E-state index contributed by atoms with van der Waals surface area (Å²) in [5.74, 6) is -0.597. The molecular weight excluding hydrogens is 324 g/mol. The Labute approximate surface area is 154 Å². The number of rotatable bonds is 7. The fourth-order valence-electron chi connectivity index (χ4n) is 3.04. The molecule has 0 aliphatic heterocycles. The Morgan fingerprint density at radius 3 is 1.69 bits per heavy atom. The molecule has 3 aromatic carbocycles. The van der Waals surface area contributed by atoms with Gasteiger partial charge in [-0.05, 0) is 16.7 Å². The normalized spacial score (nSPS) is 11.9. The molecule has 0 bridgehead atoms. The minimum Gasteiger partial charge on any atom is -0.459 e. The summed E-state index contributed by atoms with van der Waals surface area (Å²) < 4.78 is 11.1. The average molecular weight is 346 g/mol. The monoisotopic (exact) mass is 346 g/mol. The number of hydrogen-bond donors (Lipinski definition) is 0. The van der Waals surface area contributed by atoms with Crippen molar-refractivity contribution in [2.45, 2.75) is 18.6 Å². The molecule has 0 N–H and O–H groups in total. The molecule has 0 aliphatic rings. The quantitative estimate of drug-likeness (QED) is 0.588. The topological polar surface area (TPSA) is 35.5 Å². The van der Waals surface area contributed by atoms with Crippen molar-refractivity contribution in [2.24, 2.45) is 0 Å². The maximum Gasteiger partial charge on any atom is 0.336 e. The zero-order valence-electron chi connectivity index (χ0n) is 14.7. The summed E-state index contributed by atoms with van der Waals surface area (Å²) in [6.07, 6.45) is -0.719. The molecule has 132 valence electrons. The van der Waals surface area contributed by atoms with Crippen LogP contribution < -0.4 is 0 Å². The van der Waals surface area contributed by atoms with Crippen LogP contribution in [0.4, 0.5) is 0 Å². The third kappa shape index (κ3) is 4.38. The van der Waals surface area contributed by atoms with Gasteiger partial charge in [0.05, 0.1) is 0 Å². The first-order chi connectivity index (χ1) is 12.8. The molecule has 0 aromatic heterocycles. The highest BCUT2D eigenvalue weighted by atomic mass is 16.6. The number of benzene rings is 3. The first-order valence-electron chi connectivity index (χ1n) is 8.63. The molecule has 0 spiro atoms. The van der Waals surface area contributed by atoms with Crippen LogP contribution in [0.25, 0.3) is 0 Å². The van der Waals surface area contributed by atoms with E-state index in [0.29, 0.717) is 0 Å². The van der Waals surface area contributed by atoms with Gasteiger partial charge < -0.3 is 9.47 Å². The van der Waals surface area contributed by atoms with Gasteiger partial charge in [0, 0.05) is 13.0 Å². The molecule has 0 saturated heterocycles. The summed E-state index contributed by atoms with van der Waals surface area (Å²) >= 11 is 0. The van der Waals surface area contributed by atoms with Crippen molar-refractivity contribution in [3.8, 4) is 0 Å². The van der Waals surface area contributed by atoms with Crippen LogP contribution in [0.3, 0.4) is 0 Å². The van der Waals surface area contributed by atoms with Crippen molar-refractivity contribution >= 4 is 5.97 Å². The third-order valence-corrected chi connectivity index (χ3v) is 4.33. The highest BCUT2D eigenvalue weighted by molar-refractivity contribution is 5.77. The minimum atomic E-state index is -0.719. The van der Waals surface area contributed by atoms with Crippen LogP contribution in [0, 0.1) is 0 Å². The number of carbonyl (C=O) groups excluding carboxylic acids is 1. The van der Waals surface area contributed by atoms with Crippen LogP contribution in [-0.2, 0) is 20.9 Å². The lowest BCUT2D eigenvalue weighted by Gasteiger charge is -2.25. The fraction of sp³-hybridized carbons (Fsp3) is 0.174. The van der Waals surface area contributed by atoms with Crippen LogP contribution in [0.15, 0.2) is 91.0 Å². The highest BCUT2D eigenvalue weighted by Gasteiger charge is 2.32. The van der Waals surface area contributed by atoms with Crippen LogP contribution >= 0.6 is 0 Å². The molecule has 1 atom stereocenters. The van der Waals surface area contributed by atoms with Gasteiger partial charge in [-0.1, -0.05) is 91.0 Å². The molecule has 1 unspecified atom stereocenters. The largest absolute Gasteiger partial charge is 0.459 e. The number of esters is 1. The molecule has 3 heteroatoms. The first kappa shape index (κ1) is 17.9. The van der Waals surface area contributed by atoms with E-state index in [4.69, 9.17) is 9.47 Å². The van der Waals surface area contributed by atoms with Gasteiger partial charge in [0.1, 0.15) is 6.61 Å². The van der Waals surface area contributed by atoms with Gasteiger partial charge in [-0.2, -0.15) is 0 Å². The van der Waals surface area contributed by atoms with Crippen molar-refractivity contribution in [3.05, 3.63) is 108 Å². The lowest BCUT2D eigenvalue weighted by atomic mass is 9.86. The van der Waals surface area contributed by atoms with E-state index in [1.165, 1.54) is 0 Å². The summed E-state index contributed by atoms with van der Waals surface area (Å²) in [5.41, 5.74) is 2.98. The average Bonchev–Trinajstić information content (AvgIpc) is 2.72. The van der Waals surface area contributed by atoms with Gasteiger partial charge in [-0.25, -0.2) is 4.79 Å². The van der Waals surface area contributed by atoms with E-state index in [9.17, 15) is 4.79 Å². The van der Waals surface area contributed by atoms with Gasteiger partial charge in [0.2, 0.25) is 0 Å². The molecule has 0 amide bonds. The second-order valence-corrected chi connectivity index (χ2v) is 6.05. The standard InChI is InChI=1S/C23H22O3/c1-25-22(23(24)26-17-18-11-5-2-6-12-18)21(19-13-7-3-8-14-19)20-15-9-4-10-16-20/h2-16,21-22H,17H2,1H3. The molecule has 0 saturated carbocycles. The van der Waals surface area contributed by atoms with Crippen molar-refractivity contribution < 1.29 is 14.3 Å². The van der Waals surface area contributed by atoms with Crippen LogP contribution in [0.5, 0.6) is 0 Å². The maximum absolute atomic E-state index is 12.8. The van der Waals surface area contributed by atoms with Crippen LogP contribution in [0.1, 0.15) is 22.6 Å². The van der Waals surface area contributed by atoms with E-state index in [1.807, 2.05) is 91.0 Å².